The van der Waals surface area contributed by atoms with Gasteiger partial charge in [-0.15, -0.1) is 0 Å². The average Bonchev–Trinajstić information content (AvgIpc) is 3.61. The molecule has 0 aliphatic rings. The number of hydrogen-bond acceptors (Lipinski definition) is 3. The van der Waals surface area contributed by atoms with Gasteiger partial charge in [0.1, 0.15) is 16.8 Å². The van der Waals surface area contributed by atoms with Gasteiger partial charge in [0.25, 0.3) is 0 Å². The Kier molecular flexibility index (Phi) is 5.22. The molecule has 202 valence electrons. The Bertz CT molecular complexity index is 2530. The third-order valence-corrected chi connectivity index (χ3v) is 8.63. The van der Waals surface area contributed by atoms with Crippen LogP contribution >= 0.6 is 11.6 Å². The molecule has 4 nitrogen and oxygen atoms in total. The van der Waals surface area contributed by atoms with Crippen LogP contribution in [0.3, 0.4) is 0 Å². The molecule has 0 fully saturated rings. The highest BCUT2D eigenvalue weighted by Gasteiger charge is 2.23. The molecule has 0 saturated heterocycles. The minimum absolute atomic E-state index is 0.630. The second-order valence-electron chi connectivity index (χ2n) is 10.7. The predicted molar refractivity (Wildman–Crippen MR) is 177 cm³/mol. The Hall–Kier alpha value is -5.45. The van der Waals surface area contributed by atoms with Gasteiger partial charge >= 0.3 is 0 Å². The van der Waals surface area contributed by atoms with Crippen LogP contribution in [0.2, 0.25) is 5.02 Å². The fourth-order valence-electron chi connectivity index (χ4n) is 6.42. The molecule has 9 aromatic rings. The summed E-state index contributed by atoms with van der Waals surface area (Å²) in [6, 6.07) is 45.6. The Morgan fingerprint density at radius 1 is 0.535 bits per heavy atom. The summed E-state index contributed by atoms with van der Waals surface area (Å²) in [6.07, 6.45) is 0. The van der Waals surface area contributed by atoms with Crippen LogP contribution in [-0.4, -0.2) is 14.5 Å². The molecule has 0 atom stereocenters. The Balaban J connectivity index is 1.43. The summed E-state index contributed by atoms with van der Waals surface area (Å²) in [5.74, 6) is 0.630. The fourth-order valence-corrected chi connectivity index (χ4v) is 6.65. The molecule has 0 saturated carbocycles. The molecule has 3 heterocycles. The minimum atomic E-state index is 0.630. The molecular formula is C38H22ClN3O. The lowest BCUT2D eigenvalue weighted by atomic mass is 10.0. The molecule has 6 aromatic carbocycles. The van der Waals surface area contributed by atoms with E-state index in [1.165, 1.54) is 0 Å². The lowest BCUT2D eigenvalue weighted by Gasteiger charge is -2.11. The van der Waals surface area contributed by atoms with Crippen molar-refractivity contribution in [2.24, 2.45) is 0 Å². The minimum Gasteiger partial charge on any atom is -0.452 e. The van der Waals surface area contributed by atoms with Crippen LogP contribution in [0.15, 0.2) is 138 Å². The maximum atomic E-state index is 6.61. The second kappa shape index (κ2) is 9.28. The molecule has 3 aromatic heterocycles. The monoisotopic (exact) mass is 571 g/mol. The molecule has 5 heteroatoms. The van der Waals surface area contributed by atoms with E-state index in [0.717, 1.165) is 71.6 Å². The number of hydrogen-bond donors (Lipinski definition) is 0. The summed E-state index contributed by atoms with van der Waals surface area (Å²) in [6.45, 7) is 0. The Labute approximate surface area is 251 Å². The largest absolute Gasteiger partial charge is 0.452 e. The van der Waals surface area contributed by atoms with E-state index in [2.05, 4.69) is 83.4 Å². The number of rotatable bonds is 3. The number of fused-ring (bicyclic) bond motifs is 7. The molecule has 0 amide bonds. The van der Waals surface area contributed by atoms with Gasteiger partial charge < -0.3 is 8.98 Å². The van der Waals surface area contributed by atoms with Crippen molar-refractivity contribution in [2.45, 2.75) is 0 Å². The summed E-state index contributed by atoms with van der Waals surface area (Å²) in [7, 11) is 0. The van der Waals surface area contributed by atoms with E-state index in [1.54, 1.807) is 0 Å². The molecular weight excluding hydrogens is 550 g/mol. The summed E-state index contributed by atoms with van der Waals surface area (Å²) in [4.78, 5) is 10.4. The van der Waals surface area contributed by atoms with E-state index in [9.17, 15) is 0 Å². The van der Waals surface area contributed by atoms with Crippen molar-refractivity contribution < 1.29 is 4.42 Å². The van der Waals surface area contributed by atoms with Gasteiger partial charge in [-0.05, 0) is 53.9 Å². The summed E-state index contributed by atoms with van der Waals surface area (Å²) in [5.41, 5.74) is 8.27. The highest BCUT2D eigenvalue weighted by Crippen LogP contribution is 2.43. The van der Waals surface area contributed by atoms with E-state index >= 15 is 0 Å². The smallest absolute Gasteiger partial charge is 0.180 e. The summed E-state index contributed by atoms with van der Waals surface area (Å²) < 4.78 is 8.85. The molecule has 43 heavy (non-hydrogen) atoms. The number of halogens is 1. The van der Waals surface area contributed by atoms with Gasteiger partial charge in [0, 0.05) is 43.4 Å². The second-order valence-corrected chi connectivity index (χ2v) is 11.1. The van der Waals surface area contributed by atoms with Crippen molar-refractivity contribution in [3.63, 3.8) is 0 Å². The van der Waals surface area contributed by atoms with Crippen molar-refractivity contribution >= 4 is 66.2 Å². The molecule has 9 rings (SSSR count). The standard InChI is InChI=1S/C38H22ClN3O/c39-30-22-21-26(24-13-4-5-14-25(24)30)38-40-35-28-16-7-9-20-33(28)43-37(35)36(41-38)29-17-10-19-32-34(29)27-15-6-8-18-31(27)42(32)23-11-2-1-3-12-23/h1-22H. The first-order chi connectivity index (χ1) is 21.3. The first-order valence-corrected chi connectivity index (χ1v) is 14.6. The number of benzene rings is 6. The summed E-state index contributed by atoms with van der Waals surface area (Å²) in [5, 5.41) is 5.91. The van der Waals surface area contributed by atoms with Crippen LogP contribution in [0.1, 0.15) is 0 Å². The third-order valence-electron chi connectivity index (χ3n) is 8.30. The van der Waals surface area contributed by atoms with Crippen LogP contribution in [0.4, 0.5) is 0 Å². The van der Waals surface area contributed by atoms with Crippen molar-refractivity contribution in [3.8, 4) is 28.3 Å². The van der Waals surface area contributed by atoms with Gasteiger partial charge in [-0.2, -0.15) is 0 Å². The Morgan fingerprint density at radius 2 is 1.23 bits per heavy atom. The quantitative estimate of drug-likeness (QED) is 0.212. The van der Waals surface area contributed by atoms with Gasteiger partial charge in [-0.3, -0.25) is 0 Å². The SMILES string of the molecule is Clc1ccc(-c2nc(-c3cccc4c3c3ccccc3n4-c3ccccc3)c3oc4ccccc4c3n2)c2ccccc12. The molecule has 0 N–H and O–H groups in total. The number of furan rings is 1. The van der Waals surface area contributed by atoms with Crippen molar-refractivity contribution in [3.05, 3.63) is 138 Å². The molecule has 0 unspecified atom stereocenters. The van der Waals surface area contributed by atoms with Crippen LogP contribution in [0.25, 0.3) is 83.0 Å². The highest BCUT2D eigenvalue weighted by atomic mass is 35.5. The van der Waals surface area contributed by atoms with Gasteiger partial charge in [-0.25, -0.2) is 9.97 Å². The molecule has 0 spiro atoms. The number of para-hydroxylation sites is 3. The highest BCUT2D eigenvalue weighted by molar-refractivity contribution is 6.36. The van der Waals surface area contributed by atoms with E-state index in [4.69, 9.17) is 26.0 Å². The molecule has 0 aliphatic heterocycles. The van der Waals surface area contributed by atoms with Crippen LogP contribution in [-0.2, 0) is 0 Å². The third kappa shape index (κ3) is 3.57. The summed E-state index contributed by atoms with van der Waals surface area (Å²) >= 11 is 6.61. The van der Waals surface area contributed by atoms with E-state index in [1.807, 2.05) is 54.6 Å². The number of aromatic nitrogens is 3. The average molecular weight is 572 g/mol. The lowest BCUT2D eigenvalue weighted by Crippen LogP contribution is -1.96. The molecule has 0 aliphatic carbocycles. The van der Waals surface area contributed by atoms with Crippen LogP contribution in [0.5, 0.6) is 0 Å². The number of nitrogens with zero attached hydrogens (tertiary/aromatic N) is 3. The van der Waals surface area contributed by atoms with Crippen molar-refractivity contribution in [2.75, 3.05) is 0 Å². The normalized spacial score (nSPS) is 11.8. The first kappa shape index (κ1) is 24.2. The lowest BCUT2D eigenvalue weighted by molar-refractivity contribution is 0.667. The van der Waals surface area contributed by atoms with E-state index in [-0.39, 0.29) is 0 Å². The zero-order chi connectivity index (χ0) is 28.5. The van der Waals surface area contributed by atoms with Crippen LogP contribution in [0, 0.1) is 0 Å². The maximum absolute atomic E-state index is 6.61. The predicted octanol–water partition coefficient (Wildman–Crippen LogP) is 10.6. The maximum Gasteiger partial charge on any atom is 0.180 e. The van der Waals surface area contributed by atoms with Gasteiger partial charge in [0.2, 0.25) is 0 Å². The van der Waals surface area contributed by atoms with Gasteiger partial charge in [-0.1, -0.05) is 96.5 Å². The van der Waals surface area contributed by atoms with E-state index < -0.39 is 0 Å². The van der Waals surface area contributed by atoms with E-state index in [0.29, 0.717) is 16.4 Å². The fraction of sp³-hybridized carbons (Fsp3) is 0. The topological polar surface area (TPSA) is 43.9 Å². The first-order valence-electron chi connectivity index (χ1n) is 14.2. The molecule has 0 bridgehead atoms. The zero-order valence-electron chi connectivity index (χ0n) is 22.8. The van der Waals surface area contributed by atoms with Crippen molar-refractivity contribution in [1.82, 2.24) is 14.5 Å². The van der Waals surface area contributed by atoms with Crippen LogP contribution < -0.4 is 0 Å². The van der Waals surface area contributed by atoms with Gasteiger partial charge in [0.15, 0.2) is 11.4 Å². The zero-order valence-corrected chi connectivity index (χ0v) is 23.6. The van der Waals surface area contributed by atoms with Gasteiger partial charge in [0.05, 0.1) is 11.0 Å². The van der Waals surface area contributed by atoms with Crippen molar-refractivity contribution in [1.29, 1.82) is 0 Å². The molecule has 0 radical (unpaired) electrons. The Morgan fingerprint density at radius 3 is 2.09 bits per heavy atom.